The van der Waals surface area contributed by atoms with Gasteiger partial charge in [0.25, 0.3) is 0 Å². The number of carbonyl (C=O) groups is 1. The van der Waals surface area contributed by atoms with E-state index in [1.807, 2.05) is 0 Å². The van der Waals surface area contributed by atoms with Crippen LogP contribution in [0.4, 0.5) is 5.69 Å². The number of aliphatic carboxylic acids is 1. The Kier molecular flexibility index (Phi) is 3.93. The molecular weight excluding hydrogens is 196 g/mol. The number of benzene rings is 1. The summed E-state index contributed by atoms with van der Waals surface area (Å²) in [4.78, 5) is 10.7. The van der Waals surface area contributed by atoms with Gasteiger partial charge in [0.2, 0.25) is 0 Å². The molecule has 1 aromatic carbocycles. The van der Waals surface area contributed by atoms with Crippen molar-refractivity contribution in [2.45, 2.75) is 6.04 Å². The lowest BCUT2D eigenvalue weighted by atomic mass is 10.2. The molecule has 0 aromatic heterocycles. The van der Waals surface area contributed by atoms with E-state index in [0.29, 0.717) is 11.4 Å². The van der Waals surface area contributed by atoms with Crippen molar-refractivity contribution < 1.29 is 14.6 Å². The van der Waals surface area contributed by atoms with Crippen molar-refractivity contribution in [2.24, 2.45) is 5.73 Å². The predicted octanol–water partition coefficient (Wildman–Crippen LogP) is 0.519. The van der Waals surface area contributed by atoms with Gasteiger partial charge in [-0.1, -0.05) is 6.07 Å². The molecule has 5 heteroatoms. The van der Waals surface area contributed by atoms with Crippen LogP contribution in [0.3, 0.4) is 0 Å². The molecule has 4 N–H and O–H groups in total. The highest BCUT2D eigenvalue weighted by molar-refractivity contribution is 5.77. The number of rotatable bonds is 5. The molecule has 0 heterocycles. The van der Waals surface area contributed by atoms with Gasteiger partial charge in [-0.2, -0.15) is 0 Å². The second-order valence-corrected chi connectivity index (χ2v) is 3.00. The summed E-state index contributed by atoms with van der Waals surface area (Å²) < 4.78 is 5.01. The van der Waals surface area contributed by atoms with E-state index < -0.39 is 12.0 Å². The second kappa shape index (κ2) is 5.21. The van der Waals surface area contributed by atoms with Gasteiger partial charge in [-0.05, 0) is 12.1 Å². The molecule has 0 aliphatic carbocycles. The number of hydrogen-bond acceptors (Lipinski definition) is 4. The maximum absolute atomic E-state index is 10.7. The molecule has 15 heavy (non-hydrogen) atoms. The Hall–Kier alpha value is -1.75. The smallest absolute Gasteiger partial charge is 0.327 e. The van der Waals surface area contributed by atoms with Crippen LogP contribution in [0.5, 0.6) is 5.75 Å². The molecule has 0 fully saturated rings. The number of nitrogens with two attached hydrogens (primary N) is 1. The quantitative estimate of drug-likeness (QED) is 0.659. The van der Waals surface area contributed by atoms with Gasteiger partial charge in [-0.15, -0.1) is 0 Å². The fourth-order valence-corrected chi connectivity index (χ4v) is 1.14. The summed E-state index contributed by atoms with van der Waals surface area (Å²) in [5, 5.41) is 11.6. The van der Waals surface area contributed by atoms with Crippen molar-refractivity contribution in [1.82, 2.24) is 0 Å². The number of ether oxygens (including phenoxy) is 1. The number of carboxylic acids is 1. The van der Waals surface area contributed by atoms with Gasteiger partial charge in [-0.25, -0.2) is 4.79 Å². The monoisotopic (exact) mass is 210 g/mol. The second-order valence-electron chi connectivity index (χ2n) is 3.00. The topological polar surface area (TPSA) is 84.6 Å². The number of nitrogens with one attached hydrogen (secondary N) is 1. The van der Waals surface area contributed by atoms with Gasteiger partial charge in [0.1, 0.15) is 11.8 Å². The summed E-state index contributed by atoms with van der Waals surface area (Å²) >= 11 is 0. The summed E-state index contributed by atoms with van der Waals surface area (Å²) in [6.07, 6.45) is 0. The van der Waals surface area contributed by atoms with Gasteiger partial charge in [0, 0.05) is 18.3 Å². The van der Waals surface area contributed by atoms with E-state index in [9.17, 15) is 4.79 Å². The molecule has 0 bridgehead atoms. The zero-order chi connectivity index (χ0) is 11.3. The fourth-order valence-electron chi connectivity index (χ4n) is 1.14. The van der Waals surface area contributed by atoms with Crippen LogP contribution >= 0.6 is 0 Å². The largest absolute Gasteiger partial charge is 0.497 e. The normalized spacial score (nSPS) is 11.9. The summed E-state index contributed by atoms with van der Waals surface area (Å²) in [7, 11) is 1.55. The zero-order valence-electron chi connectivity index (χ0n) is 8.43. The lowest BCUT2D eigenvalue weighted by molar-refractivity contribution is -0.137. The van der Waals surface area contributed by atoms with Crippen molar-refractivity contribution in [3.8, 4) is 5.75 Å². The lowest BCUT2D eigenvalue weighted by Gasteiger charge is -2.13. The van der Waals surface area contributed by atoms with Crippen LogP contribution < -0.4 is 15.8 Å². The molecule has 0 amide bonds. The van der Waals surface area contributed by atoms with Crippen molar-refractivity contribution in [1.29, 1.82) is 0 Å². The van der Waals surface area contributed by atoms with Gasteiger partial charge in [0.05, 0.1) is 7.11 Å². The van der Waals surface area contributed by atoms with Crippen LogP contribution in [0.1, 0.15) is 0 Å². The van der Waals surface area contributed by atoms with Crippen LogP contribution in [0.15, 0.2) is 24.3 Å². The highest BCUT2D eigenvalue weighted by atomic mass is 16.5. The molecule has 0 saturated carbocycles. The Labute approximate surface area is 87.9 Å². The minimum atomic E-state index is -0.972. The SMILES string of the molecule is COc1cccc(NC(CN)C(=O)O)c1. The Bertz CT molecular complexity index is 341. The van der Waals surface area contributed by atoms with Crippen molar-refractivity contribution in [3.05, 3.63) is 24.3 Å². The van der Waals surface area contributed by atoms with Crippen LogP contribution in [0, 0.1) is 0 Å². The summed E-state index contributed by atoms with van der Waals surface area (Å²) in [5.41, 5.74) is 5.99. The van der Waals surface area contributed by atoms with Crippen LogP contribution in [0.2, 0.25) is 0 Å². The standard InChI is InChI=1S/C10H14N2O3/c1-15-8-4-2-3-7(5-8)12-9(6-11)10(13)14/h2-5,9,12H,6,11H2,1H3,(H,13,14). The first-order valence-corrected chi connectivity index (χ1v) is 4.51. The first-order chi connectivity index (χ1) is 7.17. The molecule has 1 unspecified atom stereocenters. The van der Waals surface area contributed by atoms with E-state index in [1.165, 1.54) is 0 Å². The third-order valence-corrected chi connectivity index (χ3v) is 1.94. The van der Waals surface area contributed by atoms with Gasteiger partial charge in [-0.3, -0.25) is 0 Å². The molecule has 1 aromatic rings. The number of carboxylic acid groups (broad SMARTS) is 1. The Morgan fingerprint density at radius 2 is 2.40 bits per heavy atom. The number of anilines is 1. The van der Waals surface area contributed by atoms with Crippen LogP contribution in [-0.4, -0.2) is 30.8 Å². The first-order valence-electron chi connectivity index (χ1n) is 4.51. The maximum Gasteiger partial charge on any atom is 0.327 e. The van der Waals surface area contributed by atoms with E-state index in [0.717, 1.165) is 0 Å². The van der Waals surface area contributed by atoms with Gasteiger partial charge < -0.3 is 20.9 Å². The molecule has 82 valence electrons. The van der Waals surface area contributed by atoms with Gasteiger partial charge >= 0.3 is 5.97 Å². The highest BCUT2D eigenvalue weighted by Crippen LogP contribution is 2.17. The molecule has 0 aliphatic rings. The summed E-state index contributed by atoms with van der Waals surface area (Å²) in [6, 6.07) is 6.25. The molecule has 0 saturated heterocycles. The minimum absolute atomic E-state index is 0.0343. The number of hydrogen-bond donors (Lipinski definition) is 3. The minimum Gasteiger partial charge on any atom is -0.497 e. The van der Waals surface area contributed by atoms with E-state index >= 15 is 0 Å². The molecule has 0 spiro atoms. The average molecular weight is 210 g/mol. The third-order valence-electron chi connectivity index (χ3n) is 1.94. The van der Waals surface area contributed by atoms with Crippen molar-refractivity contribution >= 4 is 11.7 Å². The Balaban J connectivity index is 2.74. The first kappa shape index (κ1) is 11.3. The Morgan fingerprint density at radius 3 is 2.93 bits per heavy atom. The van der Waals surface area contributed by atoms with Crippen LogP contribution in [-0.2, 0) is 4.79 Å². The predicted molar refractivity (Wildman–Crippen MR) is 57.1 cm³/mol. The molecule has 1 rings (SSSR count). The fraction of sp³-hybridized carbons (Fsp3) is 0.300. The summed E-state index contributed by atoms with van der Waals surface area (Å²) in [5.74, 6) is -0.304. The molecule has 0 radical (unpaired) electrons. The third kappa shape index (κ3) is 3.14. The molecule has 0 aliphatic heterocycles. The summed E-state index contributed by atoms with van der Waals surface area (Å²) in [6.45, 7) is 0.0343. The van der Waals surface area contributed by atoms with E-state index in [1.54, 1.807) is 31.4 Å². The van der Waals surface area contributed by atoms with E-state index in [2.05, 4.69) is 5.32 Å². The molecule has 5 nitrogen and oxygen atoms in total. The zero-order valence-corrected chi connectivity index (χ0v) is 8.43. The average Bonchev–Trinajstić information content (AvgIpc) is 2.25. The van der Waals surface area contributed by atoms with Crippen LogP contribution in [0.25, 0.3) is 0 Å². The molecular formula is C10H14N2O3. The maximum atomic E-state index is 10.7. The Morgan fingerprint density at radius 1 is 1.67 bits per heavy atom. The van der Waals surface area contributed by atoms with Crippen molar-refractivity contribution in [3.63, 3.8) is 0 Å². The molecule has 1 atom stereocenters. The van der Waals surface area contributed by atoms with E-state index in [-0.39, 0.29) is 6.54 Å². The lowest BCUT2D eigenvalue weighted by Crippen LogP contribution is -2.36. The number of methoxy groups -OCH3 is 1. The highest BCUT2D eigenvalue weighted by Gasteiger charge is 2.14. The van der Waals surface area contributed by atoms with E-state index in [4.69, 9.17) is 15.6 Å². The van der Waals surface area contributed by atoms with Crippen molar-refractivity contribution in [2.75, 3.05) is 19.0 Å². The van der Waals surface area contributed by atoms with Gasteiger partial charge in [0.15, 0.2) is 0 Å².